The Hall–Kier alpha value is -1.43. The van der Waals surface area contributed by atoms with Crippen molar-refractivity contribution in [1.29, 1.82) is 0 Å². The normalized spacial score (nSPS) is 19.7. The highest BCUT2D eigenvalue weighted by Gasteiger charge is 2.16. The molecule has 1 saturated heterocycles. The maximum atomic E-state index is 11.9. The predicted octanol–water partition coefficient (Wildman–Crippen LogP) is 0.599. The molecule has 2 heterocycles. The number of aromatic nitrogens is 2. The largest absolute Gasteiger partial charge is 0.473 e. The molecule has 5 nitrogen and oxygen atoms in total. The van der Waals surface area contributed by atoms with Crippen LogP contribution in [0.15, 0.2) is 12.3 Å². The van der Waals surface area contributed by atoms with E-state index in [2.05, 4.69) is 20.6 Å². The van der Waals surface area contributed by atoms with Crippen molar-refractivity contribution in [3.05, 3.63) is 12.3 Å². The van der Waals surface area contributed by atoms with Crippen LogP contribution in [-0.4, -0.2) is 42.4 Å². The van der Waals surface area contributed by atoms with Crippen molar-refractivity contribution in [3.8, 4) is 5.88 Å². The molecule has 2 rings (SSSR count). The number of anilines is 1. The summed E-state index contributed by atoms with van der Waals surface area (Å²) in [6.07, 6.45) is 2.76. The maximum absolute atomic E-state index is 11.9. The van der Waals surface area contributed by atoms with Gasteiger partial charge in [-0.2, -0.15) is 4.98 Å². The highest BCUT2D eigenvalue weighted by molar-refractivity contribution is 5.27. The van der Waals surface area contributed by atoms with E-state index in [1.807, 2.05) is 0 Å². The number of nitrogens with zero attached hydrogens (tertiary/aromatic N) is 2. The zero-order valence-electron chi connectivity index (χ0n) is 8.95. The number of hydrogen-bond acceptors (Lipinski definition) is 5. The van der Waals surface area contributed by atoms with Crippen LogP contribution in [0.25, 0.3) is 0 Å². The van der Waals surface area contributed by atoms with E-state index in [1.54, 1.807) is 12.3 Å². The minimum atomic E-state index is -0.443. The average Bonchev–Trinajstić information content (AvgIpc) is 2.80. The fourth-order valence-corrected chi connectivity index (χ4v) is 1.55. The second-order valence-electron chi connectivity index (χ2n) is 3.57. The molecule has 1 fully saturated rings. The van der Waals surface area contributed by atoms with Gasteiger partial charge in [0, 0.05) is 25.4 Å². The van der Waals surface area contributed by atoms with Crippen molar-refractivity contribution in [1.82, 2.24) is 15.3 Å². The molecule has 0 radical (unpaired) electrons. The Morgan fingerprint density at radius 2 is 2.56 bits per heavy atom. The molecule has 16 heavy (non-hydrogen) atoms. The van der Waals surface area contributed by atoms with E-state index in [9.17, 15) is 4.39 Å². The molecular formula is C10H15FN4O. The summed E-state index contributed by atoms with van der Waals surface area (Å²) in [5.41, 5.74) is 0. The number of rotatable bonds is 5. The summed E-state index contributed by atoms with van der Waals surface area (Å²) >= 11 is 0. The van der Waals surface area contributed by atoms with Crippen LogP contribution in [0.1, 0.15) is 6.42 Å². The summed E-state index contributed by atoms with van der Waals surface area (Å²) in [4.78, 5) is 8.10. The van der Waals surface area contributed by atoms with E-state index >= 15 is 0 Å². The molecule has 0 amide bonds. The maximum Gasteiger partial charge on any atom is 0.226 e. The number of halogens is 1. The van der Waals surface area contributed by atoms with Crippen molar-refractivity contribution in [3.63, 3.8) is 0 Å². The van der Waals surface area contributed by atoms with Gasteiger partial charge < -0.3 is 15.4 Å². The van der Waals surface area contributed by atoms with Crippen LogP contribution in [0, 0.1) is 0 Å². The van der Waals surface area contributed by atoms with Crippen molar-refractivity contribution >= 4 is 5.95 Å². The Balaban J connectivity index is 1.92. The Bertz CT molecular complexity index is 330. The van der Waals surface area contributed by atoms with Crippen LogP contribution in [0.5, 0.6) is 5.88 Å². The number of nitrogens with one attached hydrogen (secondary N) is 2. The standard InChI is InChI=1S/C10H15FN4O/c11-3-6-14-10-13-5-2-9(15-10)16-8-1-4-12-7-8/h2,5,8,12H,1,3-4,6-7H2,(H,13,14,15). The minimum absolute atomic E-state index is 0.170. The van der Waals surface area contributed by atoms with Crippen molar-refractivity contribution < 1.29 is 9.13 Å². The fraction of sp³-hybridized carbons (Fsp3) is 0.600. The van der Waals surface area contributed by atoms with Gasteiger partial charge in [0.15, 0.2) is 0 Å². The first-order valence-corrected chi connectivity index (χ1v) is 5.39. The molecule has 2 N–H and O–H groups in total. The van der Waals surface area contributed by atoms with Crippen molar-refractivity contribution in [2.75, 3.05) is 31.6 Å². The Labute approximate surface area is 93.4 Å². The number of alkyl halides is 1. The Kier molecular flexibility index (Phi) is 3.87. The molecule has 1 aliphatic rings. The quantitative estimate of drug-likeness (QED) is 0.770. The van der Waals surface area contributed by atoms with E-state index in [-0.39, 0.29) is 12.6 Å². The van der Waals surface area contributed by atoms with Crippen LogP contribution in [0.2, 0.25) is 0 Å². The van der Waals surface area contributed by atoms with Gasteiger partial charge in [-0.3, -0.25) is 0 Å². The van der Waals surface area contributed by atoms with Gasteiger partial charge in [0.1, 0.15) is 12.8 Å². The van der Waals surface area contributed by atoms with Gasteiger partial charge in [-0.15, -0.1) is 0 Å². The predicted molar refractivity (Wildman–Crippen MR) is 58.4 cm³/mol. The van der Waals surface area contributed by atoms with Crippen LogP contribution in [0.3, 0.4) is 0 Å². The molecule has 6 heteroatoms. The van der Waals surface area contributed by atoms with E-state index in [4.69, 9.17) is 4.74 Å². The lowest BCUT2D eigenvalue weighted by molar-refractivity contribution is 0.214. The second kappa shape index (κ2) is 5.60. The molecule has 0 aliphatic carbocycles. The van der Waals surface area contributed by atoms with Gasteiger partial charge >= 0.3 is 0 Å². The van der Waals surface area contributed by atoms with Gasteiger partial charge in [-0.1, -0.05) is 0 Å². The molecule has 0 spiro atoms. The SMILES string of the molecule is FCCNc1nccc(OC2CCNC2)n1. The third kappa shape index (κ3) is 3.03. The molecule has 1 aromatic heterocycles. The van der Waals surface area contributed by atoms with Crippen molar-refractivity contribution in [2.45, 2.75) is 12.5 Å². The average molecular weight is 226 g/mol. The summed E-state index contributed by atoms with van der Waals surface area (Å²) in [5.74, 6) is 0.936. The van der Waals surface area contributed by atoms with Gasteiger partial charge in [0.05, 0.1) is 0 Å². The molecule has 1 atom stereocenters. The lowest BCUT2D eigenvalue weighted by atomic mass is 10.3. The van der Waals surface area contributed by atoms with E-state index in [0.717, 1.165) is 19.5 Å². The van der Waals surface area contributed by atoms with Crippen LogP contribution < -0.4 is 15.4 Å². The molecule has 0 bridgehead atoms. The lowest BCUT2D eigenvalue weighted by Crippen LogP contribution is -2.20. The van der Waals surface area contributed by atoms with Gasteiger partial charge in [0.25, 0.3) is 0 Å². The fourth-order valence-electron chi connectivity index (χ4n) is 1.55. The first-order valence-electron chi connectivity index (χ1n) is 5.39. The Morgan fingerprint density at radius 3 is 3.31 bits per heavy atom. The summed E-state index contributed by atoms with van der Waals surface area (Å²) in [6.45, 7) is 1.59. The van der Waals surface area contributed by atoms with Gasteiger partial charge in [-0.05, 0) is 13.0 Å². The van der Waals surface area contributed by atoms with E-state index in [0.29, 0.717) is 11.8 Å². The monoisotopic (exact) mass is 226 g/mol. The summed E-state index contributed by atoms with van der Waals surface area (Å²) < 4.78 is 17.6. The number of ether oxygens (including phenoxy) is 1. The second-order valence-corrected chi connectivity index (χ2v) is 3.57. The van der Waals surface area contributed by atoms with Crippen LogP contribution in [0.4, 0.5) is 10.3 Å². The summed E-state index contributed by atoms with van der Waals surface area (Å²) in [5, 5.41) is 5.97. The molecule has 1 aromatic rings. The lowest BCUT2D eigenvalue weighted by Gasteiger charge is -2.11. The highest BCUT2D eigenvalue weighted by Crippen LogP contribution is 2.13. The smallest absolute Gasteiger partial charge is 0.226 e. The van der Waals surface area contributed by atoms with Gasteiger partial charge in [0.2, 0.25) is 11.8 Å². The van der Waals surface area contributed by atoms with Crippen LogP contribution in [-0.2, 0) is 0 Å². The molecule has 0 aromatic carbocycles. The first kappa shape index (κ1) is 11.1. The summed E-state index contributed by atoms with van der Waals surface area (Å²) in [6, 6.07) is 1.71. The molecular weight excluding hydrogens is 211 g/mol. The van der Waals surface area contributed by atoms with Gasteiger partial charge in [-0.25, -0.2) is 9.37 Å². The zero-order valence-corrected chi connectivity index (χ0v) is 8.95. The first-order chi connectivity index (χ1) is 7.88. The third-order valence-electron chi connectivity index (χ3n) is 2.31. The van der Waals surface area contributed by atoms with Crippen LogP contribution >= 0.6 is 0 Å². The summed E-state index contributed by atoms with van der Waals surface area (Å²) in [7, 11) is 0. The molecule has 0 saturated carbocycles. The Morgan fingerprint density at radius 1 is 1.62 bits per heavy atom. The topological polar surface area (TPSA) is 59.1 Å². The molecule has 1 unspecified atom stereocenters. The molecule has 1 aliphatic heterocycles. The highest BCUT2D eigenvalue weighted by atomic mass is 19.1. The van der Waals surface area contributed by atoms with Crippen molar-refractivity contribution in [2.24, 2.45) is 0 Å². The van der Waals surface area contributed by atoms with E-state index < -0.39 is 6.67 Å². The zero-order chi connectivity index (χ0) is 11.2. The number of hydrogen-bond donors (Lipinski definition) is 2. The third-order valence-corrected chi connectivity index (χ3v) is 2.31. The van der Waals surface area contributed by atoms with E-state index in [1.165, 1.54) is 0 Å². The molecule has 88 valence electrons. The minimum Gasteiger partial charge on any atom is -0.473 e.